The van der Waals surface area contributed by atoms with E-state index in [0.717, 1.165) is 12.8 Å². The zero-order valence-corrected chi connectivity index (χ0v) is 10.6. The van der Waals surface area contributed by atoms with Gasteiger partial charge < -0.3 is 11.5 Å². The zero-order valence-electron chi connectivity index (χ0n) is 9.80. The number of anilines is 1. The van der Waals surface area contributed by atoms with Gasteiger partial charge in [0.2, 0.25) is 10.0 Å². The third-order valence-corrected chi connectivity index (χ3v) is 4.89. The van der Waals surface area contributed by atoms with E-state index in [2.05, 4.69) is 0 Å². The van der Waals surface area contributed by atoms with Crippen LogP contribution in [0, 0.1) is 0 Å². The van der Waals surface area contributed by atoms with Crippen molar-refractivity contribution in [1.82, 2.24) is 4.31 Å². The van der Waals surface area contributed by atoms with Crippen molar-refractivity contribution in [2.45, 2.75) is 17.7 Å². The maximum Gasteiger partial charge on any atom is 0.250 e. The van der Waals surface area contributed by atoms with E-state index in [-0.39, 0.29) is 16.1 Å². The number of hydrogen-bond acceptors (Lipinski definition) is 4. The molecule has 1 fully saturated rings. The van der Waals surface area contributed by atoms with E-state index in [1.165, 1.54) is 22.5 Å². The van der Waals surface area contributed by atoms with Crippen molar-refractivity contribution in [1.29, 1.82) is 0 Å². The Morgan fingerprint density at radius 1 is 1.22 bits per heavy atom. The number of nitrogens with two attached hydrogens (primary N) is 2. The van der Waals surface area contributed by atoms with E-state index in [1.54, 1.807) is 0 Å². The Morgan fingerprint density at radius 2 is 1.83 bits per heavy atom. The Morgan fingerprint density at radius 3 is 2.39 bits per heavy atom. The summed E-state index contributed by atoms with van der Waals surface area (Å²) in [5, 5.41) is 0. The van der Waals surface area contributed by atoms with Crippen LogP contribution in [-0.4, -0.2) is 31.7 Å². The number of nitrogen functional groups attached to an aromatic ring is 1. The summed E-state index contributed by atoms with van der Waals surface area (Å²) in [7, 11) is -3.54. The lowest BCUT2D eigenvalue weighted by Gasteiger charge is -2.16. The van der Waals surface area contributed by atoms with Crippen LogP contribution in [0.3, 0.4) is 0 Å². The molecular weight excluding hydrogens is 254 g/mol. The Kier molecular flexibility index (Phi) is 3.27. The smallest absolute Gasteiger partial charge is 0.250 e. The summed E-state index contributed by atoms with van der Waals surface area (Å²) < 4.78 is 25.9. The van der Waals surface area contributed by atoms with E-state index in [1.807, 2.05) is 0 Å². The Hall–Kier alpha value is -1.60. The average molecular weight is 269 g/mol. The first-order valence-electron chi connectivity index (χ1n) is 5.62. The second-order valence-electron chi connectivity index (χ2n) is 4.22. The van der Waals surface area contributed by atoms with Gasteiger partial charge in [0.1, 0.15) is 0 Å². The van der Waals surface area contributed by atoms with E-state index in [4.69, 9.17) is 11.5 Å². The molecule has 98 valence electrons. The standard InChI is InChI=1S/C11H15N3O3S/c12-10-4-3-8(7-9(10)11(13)15)18(16,17)14-5-1-2-6-14/h3-4,7H,1-2,5-6,12H2,(H2,13,15). The van der Waals surface area contributed by atoms with Crippen LogP contribution in [0.5, 0.6) is 0 Å². The highest BCUT2D eigenvalue weighted by Crippen LogP contribution is 2.23. The van der Waals surface area contributed by atoms with Crippen LogP contribution in [-0.2, 0) is 10.0 Å². The van der Waals surface area contributed by atoms with Crippen molar-refractivity contribution in [3.8, 4) is 0 Å². The van der Waals surface area contributed by atoms with Crippen LogP contribution in [0.15, 0.2) is 23.1 Å². The van der Waals surface area contributed by atoms with Crippen molar-refractivity contribution in [2.75, 3.05) is 18.8 Å². The summed E-state index contributed by atoms with van der Waals surface area (Å²) >= 11 is 0. The highest BCUT2D eigenvalue weighted by molar-refractivity contribution is 7.89. The second-order valence-corrected chi connectivity index (χ2v) is 6.16. The molecule has 1 heterocycles. The highest BCUT2D eigenvalue weighted by atomic mass is 32.2. The minimum absolute atomic E-state index is 0.0373. The third kappa shape index (κ3) is 2.19. The number of amides is 1. The van der Waals surface area contributed by atoms with Gasteiger partial charge in [0.05, 0.1) is 10.5 Å². The molecule has 1 aliphatic rings. The van der Waals surface area contributed by atoms with Gasteiger partial charge in [-0.1, -0.05) is 0 Å². The Bertz CT molecular complexity index is 577. The quantitative estimate of drug-likeness (QED) is 0.762. The van der Waals surface area contributed by atoms with E-state index in [0.29, 0.717) is 13.1 Å². The highest BCUT2D eigenvalue weighted by Gasteiger charge is 2.27. The van der Waals surface area contributed by atoms with Crippen LogP contribution in [0.2, 0.25) is 0 Å². The molecule has 0 saturated carbocycles. The molecule has 0 spiro atoms. The third-order valence-electron chi connectivity index (χ3n) is 2.99. The first kappa shape index (κ1) is 12.8. The number of rotatable bonds is 3. The molecule has 0 unspecified atom stereocenters. The van der Waals surface area contributed by atoms with E-state index >= 15 is 0 Å². The van der Waals surface area contributed by atoms with Crippen LogP contribution >= 0.6 is 0 Å². The lowest BCUT2D eigenvalue weighted by Crippen LogP contribution is -2.28. The summed E-state index contributed by atoms with van der Waals surface area (Å²) in [5.41, 5.74) is 11.0. The predicted molar refractivity (Wildman–Crippen MR) is 67.4 cm³/mol. The van der Waals surface area contributed by atoms with E-state index < -0.39 is 15.9 Å². The van der Waals surface area contributed by atoms with Gasteiger partial charge in [0.15, 0.2) is 0 Å². The number of carbonyl (C=O) groups excluding carboxylic acids is 1. The fourth-order valence-corrected chi connectivity index (χ4v) is 3.53. The Labute approximate surface area is 106 Å². The Balaban J connectivity index is 2.45. The van der Waals surface area contributed by atoms with Gasteiger partial charge >= 0.3 is 0 Å². The molecule has 1 aromatic rings. The van der Waals surface area contributed by atoms with Gasteiger partial charge in [-0.15, -0.1) is 0 Å². The first-order valence-corrected chi connectivity index (χ1v) is 7.06. The number of hydrogen-bond donors (Lipinski definition) is 2. The van der Waals surface area contributed by atoms with Gasteiger partial charge in [0.25, 0.3) is 5.91 Å². The van der Waals surface area contributed by atoms with Crippen molar-refractivity contribution in [3.63, 3.8) is 0 Å². The van der Waals surface area contributed by atoms with Gasteiger partial charge in [-0.2, -0.15) is 4.31 Å². The first-order chi connectivity index (χ1) is 8.43. The van der Waals surface area contributed by atoms with Crippen LogP contribution in [0.25, 0.3) is 0 Å². The summed E-state index contributed by atoms with van der Waals surface area (Å²) in [5.74, 6) is -0.731. The fourth-order valence-electron chi connectivity index (χ4n) is 1.99. The monoisotopic (exact) mass is 269 g/mol. The molecule has 2 rings (SSSR count). The number of primary amides is 1. The minimum Gasteiger partial charge on any atom is -0.398 e. The predicted octanol–water partition coefficient (Wildman–Crippen LogP) is 0.152. The molecular formula is C11H15N3O3S. The maximum atomic E-state index is 12.3. The van der Waals surface area contributed by atoms with Gasteiger partial charge in [-0.25, -0.2) is 8.42 Å². The molecule has 0 bridgehead atoms. The van der Waals surface area contributed by atoms with Gasteiger partial charge in [-0.05, 0) is 31.0 Å². The molecule has 0 aliphatic carbocycles. The van der Waals surface area contributed by atoms with Crippen molar-refractivity contribution >= 4 is 21.6 Å². The molecule has 4 N–H and O–H groups in total. The summed E-state index contributed by atoms with van der Waals surface area (Å²) in [4.78, 5) is 11.2. The van der Waals surface area contributed by atoms with E-state index in [9.17, 15) is 13.2 Å². The molecule has 0 aromatic heterocycles. The molecule has 0 atom stereocenters. The molecule has 1 aliphatic heterocycles. The SMILES string of the molecule is NC(=O)c1cc(S(=O)(=O)N2CCCC2)ccc1N. The molecule has 6 nitrogen and oxygen atoms in total. The molecule has 1 amide bonds. The molecule has 7 heteroatoms. The topological polar surface area (TPSA) is 106 Å². The number of carbonyl (C=O) groups is 1. The number of benzene rings is 1. The second kappa shape index (κ2) is 4.58. The maximum absolute atomic E-state index is 12.3. The summed E-state index contributed by atoms with van der Waals surface area (Å²) in [6.45, 7) is 1.03. The molecule has 18 heavy (non-hydrogen) atoms. The largest absolute Gasteiger partial charge is 0.398 e. The summed E-state index contributed by atoms with van der Waals surface area (Å²) in [6.07, 6.45) is 1.72. The van der Waals surface area contributed by atoms with Crippen molar-refractivity contribution < 1.29 is 13.2 Å². The zero-order chi connectivity index (χ0) is 13.3. The molecule has 1 saturated heterocycles. The lowest BCUT2D eigenvalue weighted by molar-refractivity contribution is 0.100. The van der Waals surface area contributed by atoms with Crippen LogP contribution < -0.4 is 11.5 Å². The molecule has 1 aromatic carbocycles. The number of nitrogens with zero attached hydrogens (tertiary/aromatic N) is 1. The fraction of sp³-hybridized carbons (Fsp3) is 0.364. The van der Waals surface area contributed by atoms with Crippen molar-refractivity contribution in [2.24, 2.45) is 5.73 Å². The molecule has 0 radical (unpaired) electrons. The normalized spacial score (nSPS) is 16.9. The van der Waals surface area contributed by atoms with Crippen LogP contribution in [0.4, 0.5) is 5.69 Å². The lowest BCUT2D eigenvalue weighted by atomic mass is 10.2. The number of sulfonamides is 1. The average Bonchev–Trinajstić information content (AvgIpc) is 2.82. The van der Waals surface area contributed by atoms with Crippen LogP contribution in [0.1, 0.15) is 23.2 Å². The van der Waals surface area contributed by atoms with Gasteiger partial charge in [0, 0.05) is 18.8 Å². The summed E-state index contributed by atoms with van der Waals surface area (Å²) in [6, 6.07) is 4.03. The van der Waals surface area contributed by atoms with Crippen molar-refractivity contribution in [3.05, 3.63) is 23.8 Å². The minimum atomic E-state index is -3.54. The van der Waals surface area contributed by atoms with Gasteiger partial charge in [-0.3, -0.25) is 4.79 Å².